The number of nitrogens with one attached hydrogen (secondary N) is 2. The van der Waals surface area contributed by atoms with Gasteiger partial charge in [-0.15, -0.1) is 0 Å². The van der Waals surface area contributed by atoms with Crippen LogP contribution in [-0.2, 0) is 6.54 Å². The highest BCUT2D eigenvalue weighted by molar-refractivity contribution is 5.80. The first-order valence-corrected chi connectivity index (χ1v) is 9.64. The number of hydrogen-bond donors (Lipinski definition) is 2. The molecule has 0 saturated heterocycles. The minimum absolute atomic E-state index is 0.562. The predicted molar refractivity (Wildman–Crippen MR) is 97.0 cm³/mol. The second-order valence-electron chi connectivity index (χ2n) is 7.46. The smallest absolute Gasteiger partial charge is 0.191 e. The topological polar surface area (TPSA) is 62.5 Å². The molecule has 1 heterocycles. The Kier molecular flexibility index (Phi) is 5.80. The fraction of sp³-hybridized carbons (Fsp3) is 0.789. The van der Waals surface area contributed by atoms with E-state index in [-0.39, 0.29) is 0 Å². The number of hydrogen-bond acceptors (Lipinski definition) is 3. The molecule has 0 bridgehead atoms. The molecule has 2 saturated carbocycles. The fourth-order valence-electron chi connectivity index (χ4n) is 4.40. The molecule has 3 rings (SSSR count). The summed E-state index contributed by atoms with van der Waals surface area (Å²) in [5.41, 5.74) is 2.04. The third-order valence-electron chi connectivity index (χ3n) is 5.80. The zero-order chi connectivity index (χ0) is 16.9. The van der Waals surface area contributed by atoms with E-state index in [0.717, 1.165) is 41.4 Å². The van der Waals surface area contributed by atoms with Crippen LogP contribution in [0.2, 0.25) is 0 Å². The first-order chi connectivity index (χ1) is 11.7. The van der Waals surface area contributed by atoms with Crippen LogP contribution in [0.1, 0.15) is 68.9 Å². The summed E-state index contributed by atoms with van der Waals surface area (Å²) in [6.07, 6.45) is 9.71. The minimum atomic E-state index is 0.562. The van der Waals surface area contributed by atoms with Gasteiger partial charge in [0.15, 0.2) is 5.96 Å². The third-order valence-corrected chi connectivity index (χ3v) is 5.80. The summed E-state index contributed by atoms with van der Waals surface area (Å²) in [5.74, 6) is 3.71. The van der Waals surface area contributed by atoms with Gasteiger partial charge in [0.25, 0.3) is 0 Å². The lowest BCUT2D eigenvalue weighted by Crippen LogP contribution is -2.46. The van der Waals surface area contributed by atoms with Gasteiger partial charge in [0.05, 0.1) is 12.2 Å². The van der Waals surface area contributed by atoms with Gasteiger partial charge >= 0.3 is 0 Å². The van der Waals surface area contributed by atoms with E-state index in [1.807, 2.05) is 13.8 Å². The van der Waals surface area contributed by atoms with Crippen LogP contribution in [0.4, 0.5) is 0 Å². The number of aliphatic imine (C=N–C) groups is 1. The second-order valence-corrected chi connectivity index (χ2v) is 7.46. The lowest BCUT2D eigenvalue weighted by molar-refractivity contribution is 0.150. The van der Waals surface area contributed by atoms with Crippen molar-refractivity contribution in [3.05, 3.63) is 17.0 Å². The van der Waals surface area contributed by atoms with Crippen molar-refractivity contribution in [3.63, 3.8) is 0 Å². The maximum atomic E-state index is 5.24. The van der Waals surface area contributed by atoms with Crippen LogP contribution in [0.3, 0.4) is 0 Å². The summed E-state index contributed by atoms with van der Waals surface area (Å²) in [6, 6.07) is 0.562. The Hall–Kier alpha value is -1.52. The second kappa shape index (κ2) is 8.04. The SMILES string of the molecule is CCNC(=NCc1c(C)noc1C)NC1CCC2CCCCC2C1. The summed E-state index contributed by atoms with van der Waals surface area (Å²) in [5, 5.41) is 11.1. The molecular formula is C19H32N4O. The normalized spacial score (nSPS) is 27.6. The van der Waals surface area contributed by atoms with Gasteiger partial charge in [0.2, 0.25) is 0 Å². The maximum absolute atomic E-state index is 5.24. The van der Waals surface area contributed by atoms with E-state index in [2.05, 4.69) is 22.7 Å². The van der Waals surface area contributed by atoms with Crippen LogP contribution >= 0.6 is 0 Å². The number of rotatable bonds is 4. The van der Waals surface area contributed by atoms with Crippen LogP contribution in [0.15, 0.2) is 9.52 Å². The van der Waals surface area contributed by atoms with Crippen molar-refractivity contribution in [1.82, 2.24) is 15.8 Å². The van der Waals surface area contributed by atoms with Crippen molar-refractivity contribution in [2.75, 3.05) is 6.54 Å². The number of aromatic nitrogens is 1. The van der Waals surface area contributed by atoms with Gasteiger partial charge in [-0.1, -0.05) is 30.8 Å². The fourth-order valence-corrected chi connectivity index (χ4v) is 4.40. The molecule has 1 aromatic rings. The van der Waals surface area contributed by atoms with Crippen molar-refractivity contribution in [3.8, 4) is 0 Å². The van der Waals surface area contributed by atoms with E-state index >= 15 is 0 Å². The largest absolute Gasteiger partial charge is 0.361 e. The van der Waals surface area contributed by atoms with Gasteiger partial charge in [0, 0.05) is 18.2 Å². The third kappa shape index (κ3) is 4.11. The first-order valence-electron chi connectivity index (χ1n) is 9.64. The highest BCUT2D eigenvalue weighted by atomic mass is 16.5. The van der Waals surface area contributed by atoms with E-state index < -0.39 is 0 Å². The zero-order valence-corrected chi connectivity index (χ0v) is 15.4. The van der Waals surface area contributed by atoms with E-state index in [1.165, 1.54) is 44.9 Å². The number of fused-ring (bicyclic) bond motifs is 1. The van der Waals surface area contributed by atoms with Gasteiger partial charge in [-0.3, -0.25) is 0 Å². The van der Waals surface area contributed by atoms with Gasteiger partial charge in [-0.05, 0) is 51.9 Å². The van der Waals surface area contributed by atoms with E-state index in [0.29, 0.717) is 12.6 Å². The van der Waals surface area contributed by atoms with Gasteiger partial charge in [-0.2, -0.15) is 0 Å². The Bertz CT molecular complexity index is 546. The quantitative estimate of drug-likeness (QED) is 0.652. The molecule has 2 fully saturated rings. The number of aryl methyl sites for hydroxylation is 2. The molecule has 0 spiro atoms. The van der Waals surface area contributed by atoms with Crippen molar-refractivity contribution in [1.29, 1.82) is 0 Å². The molecule has 2 N–H and O–H groups in total. The minimum Gasteiger partial charge on any atom is -0.361 e. The molecule has 24 heavy (non-hydrogen) atoms. The van der Waals surface area contributed by atoms with E-state index in [4.69, 9.17) is 9.52 Å². The highest BCUT2D eigenvalue weighted by Gasteiger charge is 2.32. The van der Waals surface area contributed by atoms with Crippen molar-refractivity contribution >= 4 is 5.96 Å². The molecule has 3 atom stereocenters. The summed E-state index contributed by atoms with van der Waals surface area (Å²) < 4.78 is 5.24. The average molecular weight is 332 g/mol. The molecular weight excluding hydrogens is 300 g/mol. The van der Waals surface area contributed by atoms with Crippen molar-refractivity contribution in [2.24, 2.45) is 16.8 Å². The summed E-state index contributed by atoms with van der Waals surface area (Å²) in [4.78, 5) is 4.77. The van der Waals surface area contributed by atoms with Gasteiger partial charge in [-0.25, -0.2) is 4.99 Å². The molecule has 2 aliphatic carbocycles. The summed E-state index contributed by atoms with van der Waals surface area (Å²) in [6.45, 7) is 7.55. The van der Waals surface area contributed by atoms with E-state index in [1.54, 1.807) is 0 Å². The molecule has 2 aliphatic rings. The first kappa shape index (κ1) is 17.3. The number of nitrogens with zero attached hydrogens (tertiary/aromatic N) is 2. The Labute approximate surface area is 145 Å². The van der Waals surface area contributed by atoms with Crippen LogP contribution in [0, 0.1) is 25.7 Å². The standard InChI is InChI=1S/C19H32N4O/c1-4-20-19(21-12-18-13(2)23-24-14(18)3)22-17-10-9-15-7-5-6-8-16(15)11-17/h15-17H,4-12H2,1-3H3,(H2,20,21,22). The summed E-state index contributed by atoms with van der Waals surface area (Å²) >= 11 is 0. The van der Waals surface area contributed by atoms with Crippen LogP contribution in [0.5, 0.6) is 0 Å². The highest BCUT2D eigenvalue weighted by Crippen LogP contribution is 2.40. The Morgan fingerprint density at radius 3 is 2.67 bits per heavy atom. The molecule has 0 radical (unpaired) electrons. The molecule has 134 valence electrons. The number of guanidine groups is 1. The van der Waals surface area contributed by atoms with Gasteiger partial charge < -0.3 is 15.2 Å². The Balaban J connectivity index is 1.60. The maximum Gasteiger partial charge on any atom is 0.191 e. The monoisotopic (exact) mass is 332 g/mol. The molecule has 0 aromatic carbocycles. The van der Waals surface area contributed by atoms with Crippen molar-refractivity contribution < 1.29 is 4.52 Å². The van der Waals surface area contributed by atoms with Crippen LogP contribution in [0.25, 0.3) is 0 Å². The molecule has 1 aromatic heterocycles. The van der Waals surface area contributed by atoms with Crippen molar-refractivity contribution in [2.45, 2.75) is 78.3 Å². The Morgan fingerprint density at radius 2 is 1.96 bits per heavy atom. The zero-order valence-electron chi connectivity index (χ0n) is 15.4. The lowest BCUT2D eigenvalue weighted by atomic mass is 9.69. The average Bonchev–Trinajstić information content (AvgIpc) is 2.91. The van der Waals surface area contributed by atoms with Crippen LogP contribution in [-0.4, -0.2) is 23.7 Å². The molecule has 5 heteroatoms. The molecule has 0 amide bonds. The van der Waals surface area contributed by atoms with Crippen LogP contribution < -0.4 is 10.6 Å². The molecule has 0 aliphatic heterocycles. The summed E-state index contributed by atoms with van der Waals surface area (Å²) in [7, 11) is 0. The molecule has 3 unspecified atom stereocenters. The predicted octanol–water partition coefficient (Wildman–Crippen LogP) is 3.71. The van der Waals surface area contributed by atoms with Gasteiger partial charge in [0.1, 0.15) is 5.76 Å². The van der Waals surface area contributed by atoms with E-state index in [9.17, 15) is 0 Å². The lowest BCUT2D eigenvalue weighted by Gasteiger charge is -2.39. The molecule has 5 nitrogen and oxygen atoms in total. The Morgan fingerprint density at radius 1 is 1.17 bits per heavy atom.